The monoisotopic (exact) mass is 609 g/mol. The van der Waals surface area contributed by atoms with Crippen LogP contribution in [0.3, 0.4) is 0 Å². The van der Waals surface area contributed by atoms with E-state index in [9.17, 15) is 31.9 Å². The Hall–Kier alpha value is -3.94. The predicted molar refractivity (Wildman–Crippen MR) is 149 cm³/mol. The van der Waals surface area contributed by atoms with E-state index < -0.39 is 65.8 Å². The van der Waals surface area contributed by atoms with Crippen molar-refractivity contribution in [3.8, 4) is 0 Å². The number of halogens is 5. The van der Waals surface area contributed by atoms with E-state index in [4.69, 9.17) is 4.74 Å². The second-order valence-corrected chi connectivity index (χ2v) is 11.3. The van der Waals surface area contributed by atoms with E-state index in [-0.39, 0.29) is 30.4 Å². The van der Waals surface area contributed by atoms with Crippen molar-refractivity contribution in [1.29, 1.82) is 0 Å². The highest BCUT2D eigenvalue weighted by Gasteiger charge is 2.48. The summed E-state index contributed by atoms with van der Waals surface area (Å²) in [6, 6.07) is 3.41. The molecule has 2 aromatic rings. The third-order valence-corrected chi connectivity index (χ3v) is 8.15. The number of amides is 2. The number of benzene rings is 1. The second-order valence-electron chi connectivity index (χ2n) is 11.3. The highest BCUT2D eigenvalue weighted by Crippen LogP contribution is 2.40. The molecule has 2 amide bonds. The molecule has 2 aliphatic heterocycles. The van der Waals surface area contributed by atoms with Crippen molar-refractivity contribution >= 4 is 28.9 Å². The third kappa shape index (κ3) is 6.68. The Morgan fingerprint density at radius 3 is 2.56 bits per heavy atom. The summed E-state index contributed by atoms with van der Waals surface area (Å²) < 4.78 is 74.7. The molecule has 9 nitrogen and oxygen atoms in total. The van der Waals surface area contributed by atoms with Gasteiger partial charge in [0.1, 0.15) is 11.9 Å². The normalized spacial score (nSPS) is 20.9. The topological polar surface area (TPSA) is 98.0 Å². The minimum Gasteiger partial charge on any atom is -0.446 e. The summed E-state index contributed by atoms with van der Waals surface area (Å²) in [7, 11) is 1.96. The number of hydrogen-bond donors (Lipinski definition) is 2. The maximum Gasteiger partial charge on any atom is 0.410 e. The summed E-state index contributed by atoms with van der Waals surface area (Å²) in [5.41, 5.74) is -0.994. The number of carbonyl (C=O) groups is 2. The number of nitrogens with one attached hydrogen (secondary N) is 2. The lowest BCUT2D eigenvalue weighted by molar-refractivity contribution is -0.147. The zero-order valence-corrected chi connectivity index (χ0v) is 23.6. The van der Waals surface area contributed by atoms with Gasteiger partial charge in [0.2, 0.25) is 5.56 Å². The molecule has 3 heterocycles. The molecule has 1 aliphatic carbocycles. The molecule has 43 heavy (non-hydrogen) atoms. The number of alkyl halides is 4. The number of pyridine rings is 1. The Bertz CT molecular complexity index is 1490. The van der Waals surface area contributed by atoms with Crippen LogP contribution >= 0.6 is 0 Å². The Kier molecular flexibility index (Phi) is 8.50. The molecule has 232 valence electrons. The number of piperazine rings is 1. The summed E-state index contributed by atoms with van der Waals surface area (Å²) in [6.07, 6.45) is -2.84. The molecular weight excluding hydrogens is 577 g/mol. The molecule has 5 rings (SSSR count). The predicted octanol–water partition coefficient (Wildman–Crippen LogP) is 4.87. The number of H-pyrrole nitrogens is 1. The van der Waals surface area contributed by atoms with E-state index in [1.54, 1.807) is 6.08 Å². The fourth-order valence-corrected chi connectivity index (χ4v) is 5.49. The zero-order valence-electron chi connectivity index (χ0n) is 23.6. The Balaban J connectivity index is 1.44. The Morgan fingerprint density at radius 1 is 1.14 bits per heavy atom. The maximum absolute atomic E-state index is 15.8. The summed E-state index contributed by atoms with van der Waals surface area (Å²) >= 11 is 0. The third-order valence-electron chi connectivity index (χ3n) is 8.15. The van der Waals surface area contributed by atoms with E-state index in [0.717, 1.165) is 6.20 Å². The molecule has 2 N–H and O–H groups in total. The lowest BCUT2D eigenvalue weighted by Gasteiger charge is -2.40. The molecule has 1 saturated heterocycles. The number of rotatable bonds is 6. The van der Waals surface area contributed by atoms with Crippen molar-refractivity contribution in [2.24, 2.45) is 0 Å². The van der Waals surface area contributed by atoms with Crippen molar-refractivity contribution in [3.63, 3.8) is 0 Å². The standard InChI is InChI=1S/C29H32F5N5O4/c1-16-14-38(7-6-37(16)2)24-10-22(30)19(8-23(24)36-27(41)21-13-35-25(40)9-20(21)26(31)32)17-4-3-5-39(15-17)28(42)43-18-11-29(33,34)12-18/h4,8-10,13,16,18,26H,3,5-7,11-12,14-15H2,1-2H3,(H,35,40)(H,36,41)/t16-/m1/s1. The van der Waals surface area contributed by atoms with Gasteiger partial charge >= 0.3 is 6.09 Å². The number of carbonyl (C=O) groups excluding carboxylic acids is 2. The average Bonchev–Trinajstić information content (AvgIpc) is 2.94. The molecule has 3 aliphatic rings. The average molecular weight is 610 g/mol. The SMILES string of the molecule is C[C@@H]1CN(c2cc(F)c(C3=CCCN(C(=O)OC4CC(F)(F)C4)C3)cc2NC(=O)c2c[nH]c(=O)cc2C(F)F)CCN1C. The van der Waals surface area contributed by atoms with Gasteiger partial charge in [-0.1, -0.05) is 6.08 Å². The van der Waals surface area contributed by atoms with Gasteiger partial charge in [-0.25, -0.2) is 26.7 Å². The lowest BCUT2D eigenvalue weighted by Crippen LogP contribution is -2.50. The van der Waals surface area contributed by atoms with Crippen molar-refractivity contribution < 1.29 is 36.3 Å². The highest BCUT2D eigenvalue weighted by atomic mass is 19.3. The number of anilines is 2. The van der Waals surface area contributed by atoms with Crippen molar-refractivity contribution in [1.82, 2.24) is 14.8 Å². The van der Waals surface area contributed by atoms with Gasteiger partial charge in [-0.3, -0.25) is 9.59 Å². The zero-order chi connectivity index (χ0) is 31.1. The van der Waals surface area contributed by atoms with E-state index in [2.05, 4.69) is 15.2 Å². The summed E-state index contributed by atoms with van der Waals surface area (Å²) in [4.78, 5) is 45.1. The summed E-state index contributed by atoms with van der Waals surface area (Å²) in [5, 5.41) is 2.63. The van der Waals surface area contributed by atoms with Crippen LogP contribution < -0.4 is 15.8 Å². The van der Waals surface area contributed by atoms with Gasteiger partial charge in [-0.2, -0.15) is 0 Å². The maximum atomic E-state index is 15.8. The van der Waals surface area contributed by atoms with Gasteiger partial charge in [0.15, 0.2) is 0 Å². The molecule has 14 heteroatoms. The molecule has 1 atom stereocenters. The summed E-state index contributed by atoms with van der Waals surface area (Å²) in [6.45, 7) is 3.84. The van der Waals surface area contributed by atoms with Gasteiger partial charge in [0.05, 0.1) is 16.9 Å². The fourth-order valence-electron chi connectivity index (χ4n) is 5.49. The first-order valence-electron chi connectivity index (χ1n) is 13.9. The Morgan fingerprint density at radius 2 is 1.88 bits per heavy atom. The van der Waals surface area contributed by atoms with E-state index in [0.29, 0.717) is 43.4 Å². The molecule has 2 fully saturated rings. The van der Waals surface area contributed by atoms with E-state index in [1.165, 1.54) is 17.0 Å². The first-order valence-corrected chi connectivity index (χ1v) is 13.9. The highest BCUT2D eigenvalue weighted by molar-refractivity contribution is 6.07. The van der Waals surface area contributed by atoms with Gasteiger partial charge in [0, 0.05) is 75.0 Å². The Labute approximate surface area is 244 Å². The number of aromatic nitrogens is 1. The van der Waals surface area contributed by atoms with Crippen LogP contribution in [-0.4, -0.2) is 84.6 Å². The van der Waals surface area contributed by atoms with E-state index >= 15 is 4.39 Å². The van der Waals surface area contributed by atoms with Crippen LogP contribution in [-0.2, 0) is 4.74 Å². The van der Waals surface area contributed by atoms with Crippen LogP contribution in [0, 0.1) is 5.82 Å². The molecule has 0 unspecified atom stereocenters. The molecule has 1 saturated carbocycles. The van der Waals surface area contributed by atoms with Gasteiger partial charge < -0.3 is 29.7 Å². The van der Waals surface area contributed by atoms with Crippen molar-refractivity contribution in [2.45, 2.75) is 50.7 Å². The largest absolute Gasteiger partial charge is 0.446 e. The number of aromatic amines is 1. The lowest BCUT2D eigenvalue weighted by atomic mass is 9.91. The van der Waals surface area contributed by atoms with Gasteiger partial charge in [-0.05, 0) is 38.1 Å². The van der Waals surface area contributed by atoms with Crippen LogP contribution in [0.15, 0.2) is 35.3 Å². The van der Waals surface area contributed by atoms with Crippen LogP contribution in [0.5, 0.6) is 0 Å². The van der Waals surface area contributed by atoms with Crippen molar-refractivity contribution in [3.05, 3.63) is 63.3 Å². The first kappa shape index (κ1) is 30.5. The smallest absolute Gasteiger partial charge is 0.410 e. The number of likely N-dealkylation sites (N-methyl/N-ethyl adjacent to an activating group) is 1. The minimum atomic E-state index is -3.09. The summed E-state index contributed by atoms with van der Waals surface area (Å²) in [5.74, 6) is -4.40. The first-order chi connectivity index (χ1) is 20.3. The van der Waals surface area contributed by atoms with Crippen LogP contribution in [0.1, 0.15) is 54.1 Å². The quantitative estimate of drug-likeness (QED) is 0.454. The number of nitrogens with zero attached hydrogens (tertiary/aromatic N) is 3. The van der Waals surface area contributed by atoms with Crippen molar-refractivity contribution in [2.75, 3.05) is 50.0 Å². The molecule has 0 bridgehead atoms. The molecule has 1 aromatic carbocycles. The second kappa shape index (κ2) is 12.0. The van der Waals surface area contributed by atoms with Crippen LogP contribution in [0.25, 0.3) is 5.57 Å². The number of ether oxygens (including phenoxy) is 1. The van der Waals surface area contributed by atoms with Gasteiger partial charge in [0.25, 0.3) is 18.3 Å². The van der Waals surface area contributed by atoms with Gasteiger partial charge in [-0.15, -0.1) is 0 Å². The molecule has 0 spiro atoms. The number of hydrogen-bond acceptors (Lipinski definition) is 6. The molecule has 0 radical (unpaired) electrons. The van der Waals surface area contributed by atoms with Crippen LogP contribution in [0.4, 0.5) is 38.1 Å². The molecular formula is C29H32F5N5O4. The fraction of sp³-hybridized carbons (Fsp3) is 0.483. The minimum absolute atomic E-state index is 0.0629. The van der Waals surface area contributed by atoms with E-state index in [1.807, 2.05) is 18.9 Å². The molecule has 1 aromatic heterocycles. The van der Waals surface area contributed by atoms with Crippen LogP contribution in [0.2, 0.25) is 0 Å².